The lowest BCUT2D eigenvalue weighted by Crippen LogP contribution is -2.34. The van der Waals surface area contributed by atoms with Crippen LogP contribution in [0.4, 0.5) is 0 Å². The second-order valence-corrected chi connectivity index (χ2v) is 2.85. The number of aromatic amines is 1. The molecule has 0 aliphatic rings. The molecule has 0 amide bonds. The highest BCUT2D eigenvalue weighted by molar-refractivity contribution is 5.75. The van der Waals surface area contributed by atoms with Crippen molar-refractivity contribution in [3.8, 4) is 0 Å². The van der Waals surface area contributed by atoms with E-state index >= 15 is 0 Å². The van der Waals surface area contributed by atoms with Gasteiger partial charge in [-0.25, -0.2) is 0 Å². The smallest absolute Gasteiger partial charge is 0.322 e. The average Bonchev–Trinajstić information content (AvgIpc) is 2.65. The third kappa shape index (κ3) is 2.91. The number of hydrogen-bond donors (Lipinski definition) is 2. The van der Waals surface area contributed by atoms with Crippen molar-refractivity contribution in [3.05, 3.63) is 24.0 Å². The van der Waals surface area contributed by atoms with E-state index in [-0.39, 0.29) is 12.0 Å². The van der Waals surface area contributed by atoms with Gasteiger partial charge >= 0.3 is 5.97 Å². The molecule has 1 aromatic rings. The van der Waals surface area contributed by atoms with Crippen molar-refractivity contribution in [2.45, 2.75) is 19.5 Å². The minimum atomic E-state index is -0.264. The van der Waals surface area contributed by atoms with Gasteiger partial charge in [0.05, 0.1) is 7.11 Å². The Bertz CT molecular complexity index is 257. The third-order valence-electron chi connectivity index (χ3n) is 1.83. The Morgan fingerprint density at radius 2 is 2.54 bits per heavy atom. The highest BCUT2D eigenvalue weighted by Crippen LogP contribution is 1.96. The predicted molar refractivity (Wildman–Crippen MR) is 49.1 cm³/mol. The molecule has 0 aromatic carbocycles. The van der Waals surface area contributed by atoms with Gasteiger partial charge in [0.15, 0.2) is 0 Å². The number of aromatic nitrogens is 1. The molecule has 0 fully saturated rings. The second-order valence-electron chi connectivity index (χ2n) is 2.85. The van der Waals surface area contributed by atoms with Gasteiger partial charge in [-0.05, 0) is 18.6 Å². The number of carbonyl (C=O) groups excluding carboxylic acids is 1. The van der Waals surface area contributed by atoms with Gasteiger partial charge < -0.3 is 15.0 Å². The third-order valence-corrected chi connectivity index (χ3v) is 1.83. The van der Waals surface area contributed by atoms with Gasteiger partial charge in [0.1, 0.15) is 6.04 Å². The fourth-order valence-electron chi connectivity index (χ4n) is 0.999. The van der Waals surface area contributed by atoms with Crippen LogP contribution in [0.3, 0.4) is 0 Å². The van der Waals surface area contributed by atoms with Crippen LogP contribution in [-0.2, 0) is 16.1 Å². The maximum absolute atomic E-state index is 11.0. The zero-order valence-electron chi connectivity index (χ0n) is 7.83. The molecule has 0 aliphatic heterocycles. The molecule has 1 atom stereocenters. The van der Waals surface area contributed by atoms with Crippen LogP contribution in [0.1, 0.15) is 12.5 Å². The first kappa shape index (κ1) is 9.80. The van der Waals surface area contributed by atoms with E-state index in [0.29, 0.717) is 6.54 Å². The van der Waals surface area contributed by atoms with Crippen molar-refractivity contribution < 1.29 is 9.53 Å². The van der Waals surface area contributed by atoms with E-state index in [1.165, 1.54) is 7.11 Å². The molecule has 1 unspecified atom stereocenters. The molecule has 0 spiro atoms. The van der Waals surface area contributed by atoms with Gasteiger partial charge in [0, 0.05) is 18.9 Å². The van der Waals surface area contributed by atoms with Crippen LogP contribution in [0.5, 0.6) is 0 Å². The first-order chi connectivity index (χ1) is 6.24. The summed E-state index contributed by atoms with van der Waals surface area (Å²) in [6.07, 6.45) is 3.73. The molecule has 1 aromatic heterocycles. The maximum Gasteiger partial charge on any atom is 0.322 e. The molecule has 0 saturated carbocycles. The molecule has 13 heavy (non-hydrogen) atoms. The summed E-state index contributed by atoms with van der Waals surface area (Å²) in [4.78, 5) is 13.9. The molecule has 2 N–H and O–H groups in total. The van der Waals surface area contributed by atoms with Crippen LogP contribution in [0.25, 0.3) is 0 Å². The molecule has 1 rings (SSSR count). The monoisotopic (exact) mass is 182 g/mol. The van der Waals surface area contributed by atoms with Crippen molar-refractivity contribution in [1.29, 1.82) is 0 Å². The summed E-state index contributed by atoms with van der Waals surface area (Å²) in [5.74, 6) is -0.240. The number of carbonyl (C=O) groups is 1. The Kier molecular flexibility index (Phi) is 3.52. The molecule has 72 valence electrons. The maximum atomic E-state index is 11.0. The summed E-state index contributed by atoms with van der Waals surface area (Å²) >= 11 is 0. The average molecular weight is 182 g/mol. The number of rotatable bonds is 4. The van der Waals surface area contributed by atoms with Crippen LogP contribution in [0, 0.1) is 0 Å². The molecule has 4 heteroatoms. The van der Waals surface area contributed by atoms with Crippen molar-refractivity contribution in [3.63, 3.8) is 0 Å². The minimum Gasteiger partial charge on any atom is -0.468 e. The molecule has 0 saturated heterocycles. The topological polar surface area (TPSA) is 54.1 Å². The van der Waals surface area contributed by atoms with E-state index in [1.807, 2.05) is 18.5 Å². The fraction of sp³-hybridized carbons (Fsp3) is 0.444. The minimum absolute atomic E-state index is 0.240. The fourth-order valence-corrected chi connectivity index (χ4v) is 0.999. The van der Waals surface area contributed by atoms with Gasteiger partial charge in [0.25, 0.3) is 0 Å². The molecular formula is C9H14N2O2. The van der Waals surface area contributed by atoms with Crippen molar-refractivity contribution in [2.75, 3.05) is 7.11 Å². The van der Waals surface area contributed by atoms with Crippen LogP contribution in [-0.4, -0.2) is 24.1 Å². The summed E-state index contributed by atoms with van der Waals surface area (Å²) in [6, 6.07) is 1.69. The number of hydrogen-bond acceptors (Lipinski definition) is 3. The normalized spacial score (nSPS) is 12.5. The Labute approximate surface area is 77.3 Å². The van der Waals surface area contributed by atoms with Gasteiger partial charge in [-0.15, -0.1) is 0 Å². The van der Waals surface area contributed by atoms with E-state index in [2.05, 4.69) is 15.0 Å². The standard InChI is InChI=1S/C9H14N2O2/c1-7(9(12)13-2)11-6-8-3-4-10-5-8/h3-5,7,10-11H,6H2,1-2H3. The Morgan fingerprint density at radius 1 is 1.77 bits per heavy atom. The van der Waals surface area contributed by atoms with E-state index < -0.39 is 0 Å². The second kappa shape index (κ2) is 4.67. The molecular weight excluding hydrogens is 168 g/mol. The molecule has 0 radical (unpaired) electrons. The summed E-state index contributed by atoms with van der Waals surface area (Å²) in [5, 5.41) is 3.04. The highest BCUT2D eigenvalue weighted by atomic mass is 16.5. The van der Waals surface area contributed by atoms with Gasteiger partial charge in [-0.3, -0.25) is 4.79 Å². The Morgan fingerprint density at radius 3 is 3.08 bits per heavy atom. The molecule has 0 aliphatic carbocycles. The summed E-state index contributed by atoms with van der Waals surface area (Å²) in [7, 11) is 1.39. The first-order valence-corrected chi connectivity index (χ1v) is 4.17. The van der Waals surface area contributed by atoms with Gasteiger partial charge in [-0.2, -0.15) is 0 Å². The zero-order chi connectivity index (χ0) is 9.68. The predicted octanol–water partition coefficient (Wildman–Crippen LogP) is 0.666. The van der Waals surface area contributed by atoms with Crippen LogP contribution in [0.2, 0.25) is 0 Å². The van der Waals surface area contributed by atoms with Crippen LogP contribution < -0.4 is 5.32 Å². The first-order valence-electron chi connectivity index (χ1n) is 4.17. The van der Waals surface area contributed by atoms with Crippen molar-refractivity contribution >= 4 is 5.97 Å². The van der Waals surface area contributed by atoms with Crippen molar-refractivity contribution in [1.82, 2.24) is 10.3 Å². The van der Waals surface area contributed by atoms with E-state index in [1.54, 1.807) is 6.92 Å². The number of ether oxygens (including phenoxy) is 1. The number of H-pyrrole nitrogens is 1. The van der Waals surface area contributed by atoms with Crippen LogP contribution >= 0.6 is 0 Å². The molecule has 4 nitrogen and oxygen atoms in total. The lowest BCUT2D eigenvalue weighted by Gasteiger charge is -2.09. The summed E-state index contributed by atoms with van der Waals surface area (Å²) < 4.78 is 4.57. The van der Waals surface area contributed by atoms with Gasteiger partial charge in [0.2, 0.25) is 0 Å². The summed E-state index contributed by atoms with van der Waals surface area (Å²) in [5.41, 5.74) is 1.12. The van der Waals surface area contributed by atoms with E-state index in [4.69, 9.17) is 0 Å². The van der Waals surface area contributed by atoms with Crippen LogP contribution in [0.15, 0.2) is 18.5 Å². The largest absolute Gasteiger partial charge is 0.468 e. The van der Waals surface area contributed by atoms with E-state index in [0.717, 1.165) is 5.56 Å². The number of esters is 1. The SMILES string of the molecule is COC(=O)C(C)NCc1cc[nH]c1. The Hall–Kier alpha value is -1.29. The van der Waals surface area contributed by atoms with E-state index in [9.17, 15) is 4.79 Å². The van der Waals surface area contributed by atoms with Gasteiger partial charge in [-0.1, -0.05) is 0 Å². The zero-order valence-corrected chi connectivity index (χ0v) is 7.83. The lowest BCUT2D eigenvalue weighted by molar-refractivity contribution is -0.142. The molecule has 1 heterocycles. The highest BCUT2D eigenvalue weighted by Gasteiger charge is 2.11. The number of nitrogens with one attached hydrogen (secondary N) is 2. The van der Waals surface area contributed by atoms with Crippen molar-refractivity contribution in [2.24, 2.45) is 0 Å². The lowest BCUT2D eigenvalue weighted by atomic mass is 10.3. The Balaban J connectivity index is 2.30. The summed E-state index contributed by atoms with van der Waals surface area (Å²) in [6.45, 7) is 2.44. The molecule has 0 bridgehead atoms. The number of methoxy groups -OCH3 is 1. The quantitative estimate of drug-likeness (QED) is 0.673.